The summed E-state index contributed by atoms with van der Waals surface area (Å²) in [5, 5.41) is 0. The number of aliphatic imine (C=N–C) groups is 2. The lowest BCUT2D eigenvalue weighted by Crippen LogP contribution is -1.99. The Morgan fingerprint density at radius 1 is 1.06 bits per heavy atom. The summed E-state index contributed by atoms with van der Waals surface area (Å²) in [5.41, 5.74) is 4.57. The molecule has 4 heteroatoms. The fourth-order valence-electron chi connectivity index (χ4n) is 2.37. The lowest BCUT2D eigenvalue weighted by Gasteiger charge is -2.10. The van der Waals surface area contributed by atoms with Crippen LogP contribution in [0.3, 0.4) is 0 Å². The van der Waals surface area contributed by atoms with Gasteiger partial charge in [0.05, 0.1) is 13.1 Å². The predicted molar refractivity (Wildman–Crippen MR) is 62.1 cm³/mol. The highest BCUT2D eigenvalue weighted by Gasteiger charge is 2.17. The zero-order chi connectivity index (χ0) is 12.1. The van der Waals surface area contributed by atoms with E-state index in [0.717, 1.165) is 30.4 Å². The summed E-state index contributed by atoms with van der Waals surface area (Å²) in [5.74, 6) is 0. The van der Waals surface area contributed by atoms with E-state index in [4.69, 9.17) is 0 Å². The van der Waals surface area contributed by atoms with Gasteiger partial charge in [0.15, 0.2) is 0 Å². The van der Waals surface area contributed by atoms with Crippen molar-refractivity contribution in [2.75, 3.05) is 0 Å². The van der Waals surface area contributed by atoms with Gasteiger partial charge in [0.1, 0.15) is 0 Å². The molecule has 0 aromatic heterocycles. The van der Waals surface area contributed by atoms with E-state index < -0.39 is 0 Å². The second-order valence-electron chi connectivity index (χ2n) is 4.01. The fraction of sp³-hybridized carbons (Fsp3) is 0.385. The zero-order valence-corrected chi connectivity index (χ0v) is 9.40. The number of isocyanates is 2. The first-order chi connectivity index (χ1) is 8.36. The van der Waals surface area contributed by atoms with E-state index in [1.54, 1.807) is 6.08 Å². The molecule has 1 aliphatic carbocycles. The SMILES string of the molecule is O=C=NCc1ccc2c(c1CN=C=O)CCC2. The molecular formula is C13H12N2O2. The summed E-state index contributed by atoms with van der Waals surface area (Å²) in [6.45, 7) is 0.636. The highest BCUT2D eigenvalue weighted by Crippen LogP contribution is 2.28. The molecule has 0 saturated heterocycles. The number of benzene rings is 1. The third-order valence-corrected chi connectivity index (χ3v) is 3.11. The van der Waals surface area contributed by atoms with E-state index in [-0.39, 0.29) is 0 Å². The van der Waals surface area contributed by atoms with Crippen molar-refractivity contribution >= 4 is 12.2 Å². The van der Waals surface area contributed by atoms with Gasteiger partial charge >= 0.3 is 0 Å². The zero-order valence-electron chi connectivity index (χ0n) is 9.40. The van der Waals surface area contributed by atoms with Crippen molar-refractivity contribution in [2.45, 2.75) is 32.4 Å². The Morgan fingerprint density at radius 3 is 2.59 bits per heavy atom. The van der Waals surface area contributed by atoms with Crippen LogP contribution in [0.5, 0.6) is 0 Å². The van der Waals surface area contributed by atoms with Crippen molar-refractivity contribution < 1.29 is 9.59 Å². The Bertz CT molecular complexity index is 524. The summed E-state index contributed by atoms with van der Waals surface area (Å²) in [6, 6.07) is 4.03. The maximum atomic E-state index is 10.2. The minimum Gasteiger partial charge on any atom is -0.211 e. The van der Waals surface area contributed by atoms with Gasteiger partial charge in [0, 0.05) is 0 Å². The van der Waals surface area contributed by atoms with E-state index >= 15 is 0 Å². The van der Waals surface area contributed by atoms with Gasteiger partial charge in [0.2, 0.25) is 12.2 Å². The van der Waals surface area contributed by atoms with Crippen molar-refractivity contribution in [2.24, 2.45) is 9.98 Å². The Labute approximate surface area is 99.1 Å². The minimum absolute atomic E-state index is 0.306. The second kappa shape index (κ2) is 5.35. The highest BCUT2D eigenvalue weighted by atomic mass is 16.1. The van der Waals surface area contributed by atoms with E-state index in [1.807, 2.05) is 6.07 Å². The van der Waals surface area contributed by atoms with Crippen molar-refractivity contribution in [3.63, 3.8) is 0 Å². The van der Waals surface area contributed by atoms with Crippen molar-refractivity contribution in [1.29, 1.82) is 0 Å². The van der Waals surface area contributed by atoms with Crippen molar-refractivity contribution in [3.05, 3.63) is 34.4 Å². The average molecular weight is 228 g/mol. The molecule has 86 valence electrons. The fourth-order valence-corrected chi connectivity index (χ4v) is 2.37. The molecule has 0 unspecified atom stereocenters. The van der Waals surface area contributed by atoms with Crippen LogP contribution in [0, 0.1) is 0 Å². The summed E-state index contributed by atoms with van der Waals surface area (Å²) in [7, 11) is 0. The number of carbonyl (C=O) groups excluding carboxylic acids is 2. The molecule has 4 nitrogen and oxygen atoms in total. The summed E-state index contributed by atoms with van der Waals surface area (Å²) in [4.78, 5) is 27.6. The molecule has 0 saturated carbocycles. The first kappa shape index (κ1) is 11.5. The van der Waals surface area contributed by atoms with Gasteiger partial charge in [-0.2, -0.15) is 0 Å². The number of hydrogen-bond donors (Lipinski definition) is 0. The Kier molecular flexibility index (Phi) is 3.61. The molecule has 0 N–H and O–H groups in total. The largest absolute Gasteiger partial charge is 0.235 e. The first-order valence-electron chi connectivity index (χ1n) is 5.56. The lowest BCUT2D eigenvalue weighted by atomic mass is 9.97. The van der Waals surface area contributed by atoms with Gasteiger partial charge < -0.3 is 0 Å². The number of rotatable bonds is 4. The third kappa shape index (κ3) is 2.39. The van der Waals surface area contributed by atoms with Crippen LogP contribution in [-0.4, -0.2) is 12.2 Å². The molecule has 0 spiro atoms. The van der Waals surface area contributed by atoms with Gasteiger partial charge in [0.25, 0.3) is 0 Å². The monoisotopic (exact) mass is 228 g/mol. The minimum atomic E-state index is 0.306. The molecule has 2 rings (SSSR count). The average Bonchev–Trinajstić information content (AvgIpc) is 2.82. The molecule has 0 amide bonds. The van der Waals surface area contributed by atoms with Gasteiger partial charge in [-0.3, -0.25) is 0 Å². The number of nitrogens with zero attached hydrogens (tertiary/aromatic N) is 2. The van der Waals surface area contributed by atoms with Crippen molar-refractivity contribution in [1.82, 2.24) is 0 Å². The van der Waals surface area contributed by atoms with E-state index in [1.165, 1.54) is 17.2 Å². The topological polar surface area (TPSA) is 58.9 Å². The van der Waals surface area contributed by atoms with Crippen LogP contribution in [0.2, 0.25) is 0 Å². The second-order valence-corrected chi connectivity index (χ2v) is 4.01. The molecule has 0 fully saturated rings. The van der Waals surface area contributed by atoms with Crippen LogP contribution in [0.4, 0.5) is 0 Å². The summed E-state index contributed by atoms with van der Waals surface area (Å²) >= 11 is 0. The Hall–Kier alpha value is -2.02. The maximum absolute atomic E-state index is 10.2. The van der Waals surface area contributed by atoms with Gasteiger partial charge in [-0.05, 0) is 41.5 Å². The molecule has 0 aliphatic heterocycles. The molecule has 1 aromatic rings. The van der Waals surface area contributed by atoms with Gasteiger partial charge in [-0.15, -0.1) is 0 Å². The van der Waals surface area contributed by atoms with Crippen LogP contribution in [0.15, 0.2) is 22.1 Å². The van der Waals surface area contributed by atoms with Crippen LogP contribution in [0.1, 0.15) is 28.7 Å². The van der Waals surface area contributed by atoms with E-state index in [2.05, 4.69) is 16.1 Å². The van der Waals surface area contributed by atoms with Crippen molar-refractivity contribution in [3.8, 4) is 0 Å². The number of hydrogen-bond acceptors (Lipinski definition) is 4. The molecule has 0 heterocycles. The smallest absolute Gasteiger partial charge is 0.211 e. The normalized spacial score (nSPS) is 12.5. The first-order valence-corrected chi connectivity index (χ1v) is 5.56. The van der Waals surface area contributed by atoms with Crippen LogP contribution in [-0.2, 0) is 35.5 Å². The maximum Gasteiger partial charge on any atom is 0.235 e. The molecule has 0 atom stereocenters. The molecule has 17 heavy (non-hydrogen) atoms. The Morgan fingerprint density at radius 2 is 1.82 bits per heavy atom. The molecule has 0 bridgehead atoms. The molecule has 0 radical (unpaired) electrons. The molecule has 1 aliphatic rings. The molecular weight excluding hydrogens is 216 g/mol. The van der Waals surface area contributed by atoms with E-state index in [9.17, 15) is 9.59 Å². The van der Waals surface area contributed by atoms with Gasteiger partial charge in [-0.25, -0.2) is 19.6 Å². The van der Waals surface area contributed by atoms with Crippen LogP contribution in [0.25, 0.3) is 0 Å². The third-order valence-electron chi connectivity index (χ3n) is 3.11. The highest BCUT2D eigenvalue weighted by molar-refractivity contribution is 5.45. The van der Waals surface area contributed by atoms with E-state index in [0.29, 0.717) is 13.1 Å². The van der Waals surface area contributed by atoms with Gasteiger partial charge in [-0.1, -0.05) is 12.1 Å². The number of fused-ring (bicyclic) bond motifs is 1. The Balaban J connectivity index is 2.43. The summed E-state index contributed by atoms with van der Waals surface area (Å²) in [6.07, 6.45) is 6.31. The molecule has 1 aromatic carbocycles. The van der Waals surface area contributed by atoms with Crippen LogP contribution < -0.4 is 0 Å². The number of aryl methyl sites for hydroxylation is 1. The quantitative estimate of drug-likeness (QED) is 0.583. The standard InChI is InChI=1S/C13H12N2O2/c16-8-14-6-11-5-4-10-2-1-3-12(10)13(11)7-15-9-17/h4-5H,1-3,6-7H2. The lowest BCUT2D eigenvalue weighted by molar-refractivity contribution is 0.561. The van der Waals surface area contributed by atoms with Crippen LogP contribution >= 0.6 is 0 Å². The summed E-state index contributed by atoms with van der Waals surface area (Å²) < 4.78 is 0. The predicted octanol–water partition coefficient (Wildman–Crippen LogP) is 1.85.